The lowest BCUT2D eigenvalue weighted by molar-refractivity contribution is 0.241. The third-order valence-electron chi connectivity index (χ3n) is 4.18. The third-order valence-corrected chi connectivity index (χ3v) is 5.09. The summed E-state index contributed by atoms with van der Waals surface area (Å²) in [6.45, 7) is 1.81. The van der Waals surface area contributed by atoms with Crippen molar-refractivity contribution in [3.63, 3.8) is 0 Å². The molecule has 1 saturated heterocycles. The monoisotopic (exact) mass is 372 g/mol. The van der Waals surface area contributed by atoms with Crippen molar-refractivity contribution in [3.05, 3.63) is 58.7 Å². The highest BCUT2D eigenvalue weighted by Crippen LogP contribution is 2.32. The standard InChI is InChI=1S/C17H17ClN6S/c18-12-3-4-13(21-8-12)11-24-6-1-2-15(24)14-9-19-10-16(22-14)23-17-20-5-7-25-17/h3-5,7-10,15H,1-2,6,11H2,(H,20,22,23). The zero-order valence-electron chi connectivity index (χ0n) is 13.5. The van der Waals surface area contributed by atoms with Crippen LogP contribution in [0.3, 0.4) is 0 Å². The molecule has 1 N–H and O–H groups in total. The summed E-state index contributed by atoms with van der Waals surface area (Å²) in [5.41, 5.74) is 1.99. The number of pyridine rings is 1. The Labute approximate surface area is 154 Å². The molecule has 1 aliphatic rings. The molecule has 0 aromatic carbocycles. The Hall–Kier alpha value is -2.09. The van der Waals surface area contributed by atoms with Gasteiger partial charge in [0.1, 0.15) is 0 Å². The molecule has 0 aliphatic carbocycles. The van der Waals surface area contributed by atoms with Gasteiger partial charge in [0, 0.05) is 24.3 Å². The maximum Gasteiger partial charge on any atom is 0.188 e. The molecule has 8 heteroatoms. The number of thiazole rings is 1. The maximum atomic E-state index is 5.92. The summed E-state index contributed by atoms with van der Waals surface area (Å²) in [6, 6.07) is 4.11. The van der Waals surface area contributed by atoms with Gasteiger partial charge in [0.05, 0.1) is 34.8 Å². The molecule has 3 aromatic heterocycles. The molecule has 1 unspecified atom stereocenters. The number of likely N-dealkylation sites (tertiary alicyclic amines) is 1. The molecule has 4 heterocycles. The van der Waals surface area contributed by atoms with E-state index in [0.717, 1.165) is 48.3 Å². The summed E-state index contributed by atoms with van der Waals surface area (Å²) in [7, 11) is 0. The second-order valence-corrected chi connectivity index (χ2v) is 7.22. The van der Waals surface area contributed by atoms with Crippen LogP contribution in [-0.4, -0.2) is 31.4 Å². The Morgan fingerprint density at radius 3 is 3.00 bits per heavy atom. The lowest BCUT2D eigenvalue weighted by atomic mass is 10.1. The Bertz CT molecular complexity index is 823. The van der Waals surface area contributed by atoms with E-state index >= 15 is 0 Å². The highest BCUT2D eigenvalue weighted by molar-refractivity contribution is 7.13. The van der Waals surface area contributed by atoms with Crippen LogP contribution in [0.5, 0.6) is 0 Å². The molecule has 6 nitrogen and oxygen atoms in total. The highest BCUT2D eigenvalue weighted by Gasteiger charge is 2.27. The molecular formula is C17H17ClN6S. The van der Waals surface area contributed by atoms with Crippen LogP contribution in [0.2, 0.25) is 5.02 Å². The Morgan fingerprint density at radius 1 is 1.24 bits per heavy atom. The number of anilines is 2. The molecule has 1 aliphatic heterocycles. The first-order chi connectivity index (χ1) is 12.3. The van der Waals surface area contributed by atoms with Gasteiger partial charge in [-0.1, -0.05) is 11.6 Å². The minimum atomic E-state index is 0.253. The number of nitrogens with one attached hydrogen (secondary N) is 1. The normalized spacial score (nSPS) is 17.7. The topological polar surface area (TPSA) is 66.8 Å². The van der Waals surface area contributed by atoms with Gasteiger partial charge < -0.3 is 5.32 Å². The summed E-state index contributed by atoms with van der Waals surface area (Å²) in [5.74, 6) is 0.726. The predicted octanol–water partition coefficient (Wildman–Crippen LogP) is 4.06. The first-order valence-corrected chi connectivity index (χ1v) is 9.36. The zero-order valence-corrected chi connectivity index (χ0v) is 15.0. The van der Waals surface area contributed by atoms with Crippen LogP contribution in [0.1, 0.15) is 30.3 Å². The molecule has 0 radical (unpaired) electrons. The summed E-state index contributed by atoms with van der Waals surface area (Å²) in [4.78, 5) is 20.1. The van der Waals surface area contributed by atoms with E-state index in [9.17, 15) is 0 Å². The number of rotatable bonds is 5. The van der Waals surface area contributed by atoms with Crippen LogP contribution in [-0.2, 0) is 6.54 Å². The largest absolute Gasteiger partial charge is 0.315 e. The lowest BCUT2D eigenvalue weighted by Crippen LogP contribution is -2.24. The summed E-state index contributed by atoms with van der Waals surface area (Å²) in [5, 5.41) is 6.62. The molecule has 0 saturated carbocycles. The third kappa shape index (κ3) is 3.95. The fourth-order valence-corrected chi connectivity index (χ4v) is 3.70. The summed E-state index contributed by atoms with van der Waals surface area (Å²) < 4.78 is 0. The van der Waals surface area contributed by atoms with E-state index in [1.54, 1.807) is 18.6 Å². The van der Waals surface area contributed by atoms with E-state index in [-0.39, 0.29) is 6.04 Å². The number of aromatic nitrogens is 4. The van der Waals surface area contributed by atoms with E-state index < -0.39 is 0 Å². The minimum Gasteiger partial charge on any atom is -0.315 e. The van der Waals surface area contributed by atoms with Crippen molar-refractivity contribution in [2.75, 3.05) is 11.9 Å². The molecular weight excluding hydrogens is 356 g/mol. The van der Waals surface area contributed by atoms with Crippen LogP contribution in [0.4, 0.5) is 10.9 Å². The van der Waals surface area contributed by atoms with E-state index in [1.807, 2.05) is 23.7 Å². The SMILES string of the molecule is Clc1ccc(CN2CCCC2c2cncc(Nc3nccs3)n2)nc1. The number of halogens is 1. The van der Waals surface area contributed by atoms with Gasteiger partial charge >= 0.3 is 0 Å². The zero-order chi connectivity index (χ0) is 17.1. The quantitative estimate of drug-likeness (QED) is 0.728. The average molecular weight is 373 g/mol. The number of nitrogens with zero attached hydrogens (tertiary/aromatic N) is 5. The number of hydrogen-bond donors (Lipinski definition) is 1. The van der Waals surface area contributed by atoms with Gasteiger partial charge in [-0.25, -0.2) is 9.97 Å². The Kier molecular flexibility index (Phi) is 4.87. The van der Waals surface area contributed by atoms with E-state index in [1.165, 1.54) is 11.3 Å². The van der Waals surface area contributed by atoms with Crippen LogP contribution in [0, 0.1) is 0 Å². The van der Waals surface area contributed by atoms with E-state index in [4.69, 9.17) is 16.6 Å². The minimum absolute atomic E-state index is 0.253. The fraction of sp³-hybridized carbons (Fsp3) is 0.294. The van der Waals surface area contributed by atoms with Crippen LogP contribution in [0.15, 0.2) is 42.3 Å². The Balaban J connectivity index is 1.50. The van der Waals surface area contributed by atoms with Crippen molar-refractivity contribution in [2.45, 2.75) is 25.4 Å². The first kappa shape index (κ1) is 16.4. The van der Waals surface area contributed by atoms with Crippen LogP contribution in [0.25, 0.3) is 0 Å². The molecule has 3 aromatic rings. The molecule has 25 heavy (non-hydrogen) atoms. The second-order valence-electron chi connectivity index (χ2n) is 5.89. The Morgan fingerprint density at radius 2 is 2.20 bits per heavy atom. The van der Waals surface area contributed by atoms with Gasteiger partial charge in [0.15, 0.2) is 10.9 Å². The maximum absolute atomic E-state index is 5.92. The van der Waals surface area contributed by atoms with Gasteiger partial charge in [-0.2, -0.15) is 0 Å². The van der Waals surface area contributed by atoms with Crippen molar-refractivity contribution in [1.82, 2.24) is 24.8 Å². The van der Waals surface area contributed by atoms with Gasteiger partial charge in [0.25, 0.3) is 0 Å². The molecule has 1 atom stereocenters. The van der Waals surface area contributed by atoms with Crippen molar-refractivity contribution in [3.8, 4) is 0 Å². The number of hydrogen-bond acceptors (Lipinski definition) is 7. The lowest BCUT2D eigenvalue weighted by Gasteiger charge is -2.23. The molecule has 4 rings (SSSR count). The van der Waals surface area contributed by atoms with Crippen molar-refractivity contribution < 1.29 is 0 Å². The highest BCUT2D eigenvalue weighted by atomic mass is 35.5. The molecule has 128 valence electrons. The van der Waals surface area contributed by atoms with Gasteiger partial charge in [-0.05, 0) is 31.5 Å². The van der Waals surface area contributed by atoms with Crippen molar-refractivity contribution in [1.29, 1.82) is 0 Å². The molecule has 0 spiro atoms. The molecule has 1 fully saturated rings. The van der Waals surface area contributed by atoms with Crippen molar-refractivity contribution >= 4 is 33.9 Å². The van der Waals surface area contributed by atoms with Crippen LogP contribution < -0.4 is 5.32 Å². The second kappa shape index (κ2) is 7.43. The average Bonchev–Trinajstić information content (AvgIpc) is 3.29. The van der Waals surface area contributed by atoms with Gasteiger partial charge in [-0.15, -0.1) is 11.3 Å². The van der Waals surface area contributed by atoms with E-state index in [0.29, 0.717) is 5.02 Å². The molecule has 0 amide bonds. The molecule has 0 bridgehead atoms. The fourth-order valence-electron chi connectivity index (χ4n) is 3.05. The first-order valence-electron chi connectivity index (χ1n) is 8.11. The van der Waals surface area contributed by atoms with Crippen molar-refractivity contribution in [2.24, 2.45) is 0 Å². The van der Waals surface area contributed by atoms with Gasteiger partial charge in [-0.3, -0.25) is 14.9 Å². The smallest absolute Gasteiger partial charge is 0.188 e. The van der Waals surface area contributed by atoms with Crippen LogP contribution >= 0.6 is 22.9 Å². The van der Waals surface area contributed by atoms with Gasteiger partial charge in [0.2, 0.25) is 0 Å². The predicted molar refractivity (Wildman–Crippen MR) is 99.1 cm³/mol. The summed E-state index contributed by atoms with van der Waals surface area (Å²) >= 11 is 7.46. The summed E-state index contributed by atoms with van der Waals surface area (Å²) in [6.07, 6.45) is 9.26. The van der Waals surface area contributed by atoms with E-state index in [2.05, 4.69) is 25.2 Å².